The van der Waals surface area contributed by atoms with E-state index in [1.807, 2.05) is 23.9 Å². The van der Waals surface area contributed by atoms with Crippen LogP contribution in [-0.2, 0) is 5.75 Å². The smallest absolute Gasteiger partial charge is 0.0406 e. The second-order valence-corrected chi connectivity index (χ2v) is 6.66. The molecule has 1 nitrogen and oxygen atoms in total. The summed E-state index contributed by atoms with van der Waals surface area (Å²) in [5.41, 5.74) is 1.34. The van der Waals surface area contributed by atoms with Gasteiger partial charge in [0, 0.05) is 22.6 Å². The minimum atomic E-state index is 0.643. The molecule has 0 saturated carbocycles. The lowest BCUT2D eigenvalue weighted by Crippen LogP contribution is -2.26. The zero-order valence-electron chi connectivity index (χ0n) is 10.9. The van der Waals surface area contributed by atoms with Gasteiger partial charge < -0.3 is 5.32 Å². The van der Waals surface area contributed by atoms with Crippen molar-refractivity contribution < 1.29 is 0 Å². The van der Waals surface area contributed by atoms with Crippen LogP contribution in [0.4, 0.5) is 0 Å². The van der Waals surface area contributed by atoms with E-state index >= 15 is 0 Å². The molecule has 0 radical (unpaired) electrons. The minimum Gasteiger partial charge on any atom is -0.315 e. The van der Waals surface area contributed by atoms with Crippen molar-refractivity contribution in [1.82, 2.24) is 5.32 Å². The van der Waals surface area contributed by atoms with Crippen LogP contribution in [0.3, 0.4) is 0 Å². The Labute approximate surface area is 114 Å². The predicted molar refractivity (Wildman–Crippen MR) is 79.9 cm³/mol. The number of hydrogen-bond donors (Lipinski definition) is 1. The summed E-state index contributed by atoms with van der Waals surface area (Å²) in [6.07, 6.45) is 0. The molecule has 0 aliphatic carbocycles. The summed E-state index contributed by atoms with van der Waals surface area (Å²) in [6, 6.07) is 8.12. The molecule has 17 heavy (non-hydrogen) atoms. The lowest BCUT2D eigenvalue weighted by molar-refractivity contribution is 0.554. The van der Waals surface area contributed by atoms with Crippen molar-refractivity contribution >= 4 is 23.4 Å². The monoisotopic (exact) mass is 271 g/mol. The number of benzene rings is 1. The number of hydrogen-bond acceptors (Lipinski definition) is 2. The fourth-order valence-electron chi connectivity index (χ4n) is 1.45. The van der Waals surface area contributed by atoms with Crippen molar-refractivity contribution in [2.75, 3.05) is 13.1 Å². The van der Waals surface area contributed by atoms with Crippen LogP contribution in [-0.4, -0.2) is 18.3 Å². The fourth-order valence-corrected chi connectivity index (χ4v) is 2.48. The third kappa shape index (κ3) is 6.97. The first-order valence-electron chi connectivity index (χ1n) is 6.14. The molecule has 1 N–H and O–H groups in total. The molecular formula is C14H22ClNS. The van der Waals surface area contributed by atoms with Crippen molar-refractivity contribution in [3.63, 3.8) is 0 Å². The maximum Gasteiger partial charge on any atom is 0.0406 e. The number of thioether (sulfide) groups is 1. The van der Waals surface area contributed by atoms with Gasteiger partial charge in [-0.1, -0.05) is 44.5 Å². The number of halogens is 1. The molecule has 1 aromatic rings. The Morgan fingerprint density at radius 2 is 1.76 bits per heavy atom. The Morgan fingerprint density at radius 3 is 2.35 bits per heavy atom. The minimum absolute atomic E-state index is 0.643. The van der Waals surface area contributed by atoms with Crippen LogP contribution in [0.2, 0.25) is 5.02 Å². The highest BCUT2D eigenvalue weighted by Crippen LogP contribution is 2.18. The maximum atomic E-state index is 5.86. The molecule has 0 aliphatic rings. The second-order valence-electron chi connectivity index (χ2n) is 4.80. The first kappa shape index (κ1) is 14.9. The molecule has 3 heteroatoms. The van der Waals surface area contributed by atoms with Gasteiger partial charge in [0.15, 0.2) is 0 Å². The first-order valence-corrected chi connectivity index (χ1v) is 7.57. The van der Waals surface area contributed by atoms with Crippen molar-refractivity contribution in [3.05, 3.63) is 34.9 Å². The first-order chi connectivity index (χ1) is 8.08. The molecule has 0 aromatic heterocycles. The Morgan fingerprint density at radius 1 is 1.12 bits per heavy atom. The van der Waals surface area contributed by atoms with E-state index in [1.54, 1.807) is 0 Å². The number of rotatable bonds is 7. The summed E-state index contributed by atoms with van der Waals surface area (Å²) in [5, 5.41) is 4.94. The molecule has 0 fully saturated rings. The van der Waals surface area contributed by atoms with Gasteiger partial charge in [-0.25, -0.2) is 0 Å². The summed E-state index contributed by atoms with van der Waals surface area (Å²) in [4.78, 5) is 0. The van der Waals surface area contributed by atoms with Crippen LogP contribution in [0.25, 0.3) is 0 Å². The Kier molecular flexibility index (Phi) is 7.02. The molecule has 1 atom stereocenters. The third-order valence-corrected chi connectivity index (χ3v) is 3.92. The maximum absolute atomic E-state index is 5.86. The molecule has 0 amide bonds. The molecule has 1 aromatic carbocycles. The average molecular weight is 272 g/mol. The second kappa shape index (κ2) is 8.02. The molecule has 1 rings (SSSR count). The molecule has 0 spiro atoms. The summed E-state index contributed by atoms with van der Waals surface area (Å²) in [7, 11) is 0. The highest BCUT2D eigenvalue weighted by atomic mass is 35.5. The quantitative estimate of drug-likeness (QED) is 0.797. The van der Waals surface area contributed by atoms with Gasteiger partial charge in [0.25, 0.3) is 0 Å². The van der Waals surface area contributed by atoms with E-state index in [0.717, 1.165) is 29.8 Å². The summed E-state index contributed by atoms with van der Waals surface area (Å²) < 4.78 is 0. The topological polar surface area (TPSA) is 12.0 Å². The van der Waals surface area contributed by atoms with Crippen LogP contribution in [0, 0.1) is 5.92 Å². The normalized spacial score (nSPS) is 13.0. The van der Waals surface area contributed by atoms with E-state index in [0.29, 0.717) is 5.25 Å². The molecular weight excluding hydrogens is 250 g/mol. The fraction of sp³-hybridized carbons (Fsp3) is 0.571. The van der Waals surface area contributed by atoms with Crippen LogP contribution in [0.1, 0.15) is 26.3 Å². The van der Waals surface area contributed by atoms with Crippen LogP contribution in [0.15, 0.2) is 24.3 Å². The Bertz CT molecular complexity index is 311. The zero-order chi connectivity index (χ0) is 12.7. The summed E-state index contributed by atoms with van der Waals surface area (Å²) >= 11 is 7.84. The molecule has 96 valence electrons. The standard InChI is InChI=1S/C14H22ClNS/c1-11(2)8-16-9-12(3)17-10-13-4-6-14(15)7-5-13/h4-7,11-12,16H,8-10H2,1-3H3. The average Bonchev–Trinajstić information content (AvgIpc) is 2.28. The Hall–Kier alpha value is -0.180. The van der Waals surface area contributed by atoms with Crippen LogP contribution in [0.5, 0.6) is 0 Å². The third-order valence-electron chi connectivity index (χ3n) is 2.43. The molecule has 0 bridgehead atoms. The number of nitrogens with one attached hydrogen (secondary N) is 1. The summed E-state index contributed by atoms with van der Waals surface area (Å²) in [5.74, 6) is 1.78. The Balaban J connectivity index is 2.19. The lowest BCUT2D eigenvalue weighted by Gasteiger charge is -2.13. The molecule has 0 aliphatic heterocycles. The van der Waals surface area contributed by atoms with E-state index in [9.17, 15) is 0 Å². The van der Waals surface area contributed by atoms with E-state index in [1.165, 1.54) is 5.56 Å². The highest BCUT2D eigenvalue weighted by Gasteiger charge is 2.03. The molecule has 0 heterocycles. The van der Waals surface area contributed by atoms with Crippen molar-refractivity contribution in [1.29, 1.82) is 0 Å². The van der Waals surface area contributed by atoms with Gasteiger partial charge in [-0.15, -0.1) is 0 Å². The van der Waals surface area contributed by atoms with E-state index in [-0.39, 0.29) is 0 Å². The van der Waals surface area contributed by atoms with Crippen molar-refractivity contribution in [3.8, 4) is 0 Å². The van der Waals surface area contributed by atoms with E-state index in [4.69, 9.17) is 11.6 Å². The largest absolute Gasteiger partial charge is 0.315 e. The van der Waals surface area contributed by atoms with Crippen molar-refractivity contribution in [2.24, 2.45) is 5.92 Å². The highest BCUT2D eigenvalue weighted by molar-refractivity contribution is 7.99. The molecule has 0 saturated heterocycles. The summed E-state index contributed by atoms with van der Waals surface area (Å²) in [6.45, 7) is 8.92. The predicted octanol–water partition coefficient (Wildman–Crippen LogP) is 4.21. The van der Waals surface area contributed by atoms with Gasteiger partial charge in [-0.2, -0.15) is 11.8 Å². The van der Waals surface area contributed by atoms with Gasteiger partial charge in [0.1, 0.15) is 0 Å². The molecule has 1 unspecified atom stereocenters. The lowest BCUT2D eigenvalue weighted by atomic mass is 10.2. The van der Waals surface area contributed by atoms with Gasteiger partial charge in [0.05, 0.1) is 0 Å². The van der Waals surface area contributed by atoms with E-state index < -0.39 is 0 Å². The van der Waals surface area contributed by atoms with Crippen molar-refractivity contribution in [2.45, 2.75) is 31.8 Å². The van der Waals surface area contributed by atoms with Crippen LogP contribution < -0.4 is 5.32 Å². The van der Waals surface area contributed by atoms with Gasteiger partial charge in [0.2, 0.25) is 0 Å². The van der Waals surface area contributed by atoms with Crippen LogP contribution >= 0.6 is 23.4 Å². The van der Waals surface area contributed by atoms with E-state index in [2.05, 4.69) is 38.2 Å². The van der Waals surface area contributed by atoms with Gasteiger partial charge >= 0.3 is 0 Å². The van der Waals surface area contributed by atoms with Gasteiger partial charge in [-0.3, -0.25) is 0 Å². The SMILES string of the molecule is CC(C)CNCC(C)SCc1ccc(Cl)cc1. The zero-order valence-corrected chi connectivity index (χ0v) is 12.4. The van der Waals surface area contributed by atoms with Gasteiger partial charge in [-0.05, 0) is 30.2 Å².